The highest BCUT2D eigenvalue weighted by atomic mass is 32.2. The fourth-order valence-electron chi connectivity index (χ4n) is 1.68. The minimum atomic E-state index is -4.23. The van der Waals surface area contributed by atoms with Crippen molar-refractivity contribution in [3.63, 3.8) is 0 Å². The van der Waals surface area contributed by atoms with Crippen molar-refractivity contribution in [2.75, 3.05) is 5.43 Å². The molecule has 0 unspecified atom stereocenters. The van der Waals surface area contributed by atoms with Crippen molar-refractivity contribution in [2.24, 2.45) is 0 Å². The summed E-state index contributed by atoms with van der Waals surface area (Å²) in [6.45, 7) is 0. The quantitative estimate of drug-likeness (QED) is 0.513. The molecular formula is C14H12N2O6S. The van der Waals surface area contributed by atoms with Gasteiger partial charge in [-0.15, -0.1) is 0 Å². The molecule has 0 bridgehead atoms. The van der Waals surface area contributed by atoms with Crippen LogP contribution < -0.4 is 11.0 Å². The summed E-state index contributed by atoms with van der Waals surface area (Å²) < 4.78 is 28.5. The van der Waals surface area contributed by atoms with Crippen LogP contribution in [0, 0.1) is 0 Å². The lowest BCUT2D eigenvalue weighted by Gasteiger charge is -2.10. The van der Waals surface area contributed by atoms with E-state index in [0.717, 1.165) is 6.07 Å². The molecule has 0 radical (unpaired) electrons. The molecule has 0 aromatic heterocycles. The van der Waals surface area contributed by atoms with Gasteiger partial charge >= 0.3 is 16.1 Å². The lowest BCUT2D eigenvalue weighted by molar-refractivity contribution is 0.0696. The first-order valence-corrected chi connectivity index (χ1v) is 7.67. The summed E-state index contributed by atoms with van der Waals surface area (Å²) in [5.74, 6) is -1.26. The maximum Gasteiger partial charge on any atom is 0.335 e. The van der Waals surface area contributed by atoms with Crippen LogP contribution in [0.3, 0.4) is 0 Å². The zero-order valence-electron chi connectivity index (χ0n) is 11.6. The standard InChI is InChI=1S/C14H12N2O6S/c17-9-11-4-1-2-7-13(11)15-16-22-23(20,21)12-6-3-5-10(8-12)14(18)19/h1-9,15-16H,(H,18,19). The number of aldehydes is 1. The first kappa shape index (κ1) is 16.6. The SMILES string of the molecule is O=Cc1ccccc1NNOS(=O)(=O)c1cccc(C(=O)O)c1. The average molecular weight is 336 g/mol. The highest BCUT2D eigenvalue weighted by Gasteiger charge is 2.17. The van der Waals surface area contributed by atoms with Crippen molar-refractivity contribution in [1.29, 1.82) is 0 Å². The summed E-state index contributed by atoms with van der Waals surface area (Å²) >= 11 is 0. The van der Waals surface area contributed by atoms with Crippen molar-refractivity contribution in [3.05, 3.63) is 59.7 Å². The van der Waals surface area contributed by atoms with Crippen LogP contribution in [0.15, 0.2) is 53.4 Å². The number of rotatable bonds is 7. The van der Waals surface area contributed by atoms with Gasteiger partial charge < -0.3 is 5.11 Å². The number of hydrogen-bond donors (Lipinski definition) is 3. The molecule has 0 fully saturated rings. The van der Waals surface area contributed by atoms with Gasteiger partial charge in [-0.05, 0) is 30.3 Å². The molecule has 0 aliphatic rings. The Morgan fingerprint density at radius 3 is 2.57 bits per heavy atom. The molecule has 8 nitrogen and oxygen atoms in total. The Labute approximate surface area is 131 Å². The third kappa shape index (κ3) is 4.13. The number of carboxylic acids is 1. The molecule has 0 atom stereocenters. The molecule has 2 aromatic rings. The van der Waals surface area contributed by atoms with Crippen LogP contribution in [0.1, 0.15) is 20.7 Å². The van der Waals surface area contributed by atoms with Gasteiger partial charge in [0.1, 0.15) is 0 Å². The van der Waals surface area contributed by atoms with Crippen LogP contribution in [0.5, 0.6) is 0 Å². The number of carboxylic acid groups (broad SMARTS) is 1. The molecule has 0 saturated heterocycles. The molecule has 2 aromatic carbocycles. The molecule has 0 spiro atoms. The predicted molar refractivity (Wildman–Crippen MR) is 80.3 cm³/mol. The van der Waals surface area contributed by atoms with Crippen molar-refractivity contribution in [3.8, 4) is 0 Å². The minimum Gasteiger partial charge on any atom is -0.478 e. The van der Waals surface area contributed by atoms with Crippen LogP contribution in [-0.2, 0) is 14.4 Å². The fourth-order valence-corrected chi connectivity index (χ4v) is 2.44. The number of aromatic carboxylic acids is 1. The maximum atomic E-state index is 12.0. The molecule has 9 heteroatoms. The van der Waals surface area contributed by atoms with E-state index in [1.54, 1.807) is 12.1 Å². The number of para-hydroxylation sites is 1. The Bertz CT molecular complexity index is 835. The fraction of sp³-hybridized carbons (Fsp3) is 0. The topological polar surface area (TPSA) is 122 Å². The van der Waals surface area contributed by atoms with Gasteiger partial charge in [0.15, 0.2) is 6.29 Å². The van der Waals surface area contributed by atoms with E-state index >= 15 is 0 Å². The van der Waals surface area contributed by atoms with E-state index in [2.05, 4.69) is 9.71 Å². The first-order valence-electron chi connectivity index (χ1n) is 6.26. The molecule has 0 aliphatic heterocycles. The molecule has 0 aliphatic carbocycles. The summed E-state index contributed by atoms with van der Waals surface area (Å²) in [7, 11) is -4.23. The summed E-state index contributed by atoms with van der Waals surface area (Å²) in [5, 5.41) is 8.86. The van der Waals surface area contributed by atoms with Gasteiger partial charge in [0.2, 0.25) is 0 Å². The minimum absolute atomic E-state index is 0.186. The van der Waals surface area contributed by atoms with Crippen LogP contribution in [0.25, 0.3) is 0 Å². The third-order valence-corrected chi connectivity index (χ3v) is 3.93. The number of nitrogens with one attached hydrogen (secondary N) is 2. The summed E-state index contributed by atoms with van der Waals surface area (Å²) in [4.78, 5) is 21.4. The van der Waals surface area contributed by atoms with E-state index < -0.39 is 16.1 Å². The number of benzene rings is 2. The molecular weight excluding hydrogens is 324 g/mol. The van der Waals surface area contributed by atoms with Crippen LogP contribution in [0.4, 0.5) is 5.69 Å². The highest BCUT2D eigenvalue weighted by Crippen LogP contribution is 2.15. The van der Waals surface area contributed by atoms with Crippen LogP contribution >= 0.6 is 0 Å². The summed E-state index contributed by atoms with van der Waals surface area (Å²) in [6.07, 6.45) is 0.592. The Balaban J connectivity index is 2.09. The zero-order chi connectivity index (χ0) is 16.9. The second-order valence-electron chi connectivity index (χ2n) is 4.30. The number of hydrazine groups is 1. The van der Waals surface area contributed by atoms with Gasteiger partial charge in [-0.1, -0.05) is 23.8 Å². The normalized spacial score (nSPS) is 11.0. The highest BCUT2D eigenvalue weighted by molar-refractivity contribution is 7.86. The van der Waals surface area contributed by atoms with Crippen molar-refractivity contribution in [1.82, 2.24) is 5.59 Å². The Kier molecular flexibility index (Phi) is 5.06. The van der Waals surface area contributed by atoms with E-state index in [-0.39, 0.29) is 10.5 Å². The van der Waals surface area contributed by atoms with Gasteiger partial charge in [-0.3, -0.25) is 10.2 Å². The molecule has 0 amide bonds. The zero-order valence-corrected chi connectivity index (χ0v) is 12.4. The maximum absolute atomic E-state index is 12.0. The smallest absolute Gasteiger partial charge is 0.335 e. The van der Waals surface area contributed by atoms with Crippen LogP contribution in [-0.4, -0.2) is 25.8 Å². The lowest BCUT2D eigenvalue weighted by atomic mass is 10.2. The van der Waals surface area contributed by atoms with E-state index in [1.165, 1.54) is 30.3 Å². The summed E-state index contributed by atoms with van der Waals surface area (Å²) in [5.41, 5.74) is 4.88. The number of carbonyl (C=O) groups excluding carboxylic acids is 1. The number of carbonyl (C=O) groups is 2. The Morgan fingerprint density at radius 2 is 1.87 bits per heavy atom. The van der Waals surface area contributed by atoms with E-state index in [9.17, 15) is 18.0 Å². The summed E-state index contributed by atoms with van der Waals surface area (Å²) in [6, 6.07) is 11.1. The van der Waals surface area contributed by atoms with Gasteiger partial charge in [0, 0.05) is 5.56 Å². The molecule has 23 heavy (non-hydrogen) atoms. The molecule has 0 heterocycles. The molecule has 2 rings (SSSR count). The van der Waals surface area contributed by atoms with Gasteiger partial charge in [-0.2, -0.15) is 12.7 Å². The van der Waals surface area contributed by atoms with E-state index in [1.807, 2.05) is 5.59 Å². The largest absolute Gasteiger partial charge is 0.478 e. The monoisotopic (exact) mass is 336 g/mol. The second kappa shape index (κ2) is 7.01. The first-order chi connectivity index (χ1) is 10.9. The third-order valence-electron chi connectivity index (χ3n) is 2.79. The predicted octanol–water partition coefficient (Wildman–Crippen LogP) is 1.43. The Morgan fingerprint density at radius 1 is 1.13 bits per heavy atom. The van der Waals surface area contributed by atoms with E-state index in [0.29, 0.717) is 17.5 Å². The average Bonchev–Trinajstić information content (AvgIpc) is 2.55. The Hall–Kier alpha value is -2.75. The molecule has 3 N–H and O–H groups in total. The lowest BCUT2D eigenvalue weighted by Crippen LogP contribution is -2.26. The van der Waals surface area contributed by atoms with Crippen molar-refractivity contribution in [2.45, 2.75) is 4.90 Å². The van der Waals surface area contributed by atoms with Crippen molar-refractivity contribution < 1.29 is 27.4 Å². The van der Waals surface area contributed by atoms with Crippen LogP contribution in [0.2, 0.25) is 0 Å². The molecule has 0 saturated carbocycles. The van der Waals surface area contributed by atoms with Gasteiger partial charge in [0.25, 0.3) is 0 Å². The number of anilines is 1. The molecule has 120 valence electrons. The van der Waals surface area contributed by atoms with E-state index in [4.69, 9.17) is 5.11 Å². The van der Waals surface area contributed by atoms with Crippen molar-refractivity contribution >= 4 is 28.1 Å². The second-order valence-corrected chi connectivity index (χ2v) is 5.85. The number of hydrogen-bond acceptors (Lipinski definition) is 7. The van der Waals surface area contributed by atoms with Gasteiger partial charge in [-0.25, -0.2) is 4.79 Å². The van der Waals surface area contributed by atoms with Gasteiger partial charge in [0.05, 0.1) is 16.1 Å².